The van der Waals surface area contributed by atoms with E-state index in [-0.39, 0.29) is 22.0 Å². The van der Waals surface area contributed by atoms with Gasteiger partial charge in [-0.1, -0.05) is 0 Å². The molecule has 0 heterocycles. The van der Waals surface area contributed by atoms with Crippen LogP contribution in [0, 0.1) is 15.9 Å². The number of non-ortho nitro benzene ring substituents is 1. The van der Waals surface area contributed by atoms with Crippen LogP contribution in [-0.2, 0) is 10.0 Å². The molecule has 9 heteroatoms. The second-order valence-corrected chi connectivity index (χ2v) is 5.88. The van der Waals surface area contributed by atoms with Crippen LogP contribution >= 0.6 is 0 Å². The lowest BCUT2D eigenvalue weighted by molar-refractivity contribution is -0.384. The van der Waals surface area contributed by atoms with Crippen molar-refractivity contribution < 1.29 is 22.5 Å². The van der Waals surface area contributed by atoms with E-state index in [0.29, 0.717) is 0 Å². The van der Waals surface area contributed by atoms with Crippen molar-refractivity contribution >= 4 is 21.4 Å². The first-order valence-electron chi connectivity index (χ1n) is 5.94. The van der Waals surface area contributed by atoms with Gasteiger partial charge in [0, 0.05) is 6.07 Å². The van der Waals surface area contributed by atoms with Crippen LogP contribution < -0.4 is 9.46 Å². The Kier molecular flexibility index (Phi) is 4.27. The normalized spacial score (nSPS) is 11.0. The molecule has 0 spiro atoms. The number of rotatable bonds is 5. The van der Waals surface area contributed by atoms with Gasteiger partial charge in [-0.25, -0.2) is 12.8 Å². The smallest absolute Gasteiger partial charge is 0.273 e. The number of hydrogen-bond donors (Lipinski definition) is 1. The highest BCUT2D eigenvalue weighted by Crippen LogP contribution is 2.30. The molecule has 0 aliphatic carbocycles. The van der Waals surface area contributed by atoms with Gasteiger partial charge in [0.15, 0.2) is 0 Å². The molecule has 0 aliphatic rings. The largest absolute Gasteiger partial charge is 0.494 e. The fourth-order valence-electron chi connectivity index (χ4n) is 1.70. The SMILES string of the molecule is COc1cc([N+](=O)[O-])ccc1NS(=O)(=O)c1ccc(F)cc1. The standard InChI is InChI=1S/C13H11FN2O5S/c1-21-13-8-10(16(17)18)4-7-12(13)15-22(19,20)11-5-2-9(14)3-6-11/h2-8,15H,1H3. The van der Waals surface area contributed by atoms with E-state index in [1.165, 1.54) is 13.2 Å². The second-order valence-electron chi connectivity index (χ2n) is 4.20. The third-order valence-electron chi connectivity index (χ3n) is 2.76. The van der Waals surface area contributed by atoms with Crippen molar-refractivity contribution in [2.75, 3.05) is 11.8 Å². The van der Waals surface area contributed by atoms with E-state index >= 15 is 0 Å². The van der Waals surface area contributed by atoms with Crippen LogP contribution in [0.25, 0.3) is 0 Å². The predicted molar refractivity (Wildman–Crippen MR) is 76.9 cm³/mol. The Bertz CT molecular complexity index is 806. The number of nitrogens with zero attached hydrogens (tertiary/aromatic N) is 1. The molecule has 2 aromatic rings. The van der Waals surface area contributed by atoms with Crippen LogP contribution in [0.5, 0.6) is 5.75 Å². The van der Waals surface area contributed by atoms with Crippen LogP contribution in [0.3, 0.4) is 0 Å². The van der Waals surface area contributed by atoms with Crippen molar-refractivity contribution in [3.63, 3.8) is 0 Å². The molecule has 0 radical (unpaired) electrons. The third-order valence-corrected chi connectivity index (χ3v) is 4.15. The maximum absolute atomic E-state index is 12.8. The molecule has 1 N–H and O–H groups in total. The molecule has 7 nitrogen and oxygen atoms in total. The zero-order chi connectivity index (χ0) is 16.3. The minimum Gasteiger partial charge on any atom is -0.494 e. The van der Waals surface area contributed by atoms with Gasteiger partial charge < -0.3 is 4.74 Å². The fraction of sp³-hybridized carbons (Fsp3) is 0.0769. The molecule has 0 aromatic heterocycles. The first-order chi connectivity index (χ1) is 10.3. The van der Waals surface area contributed by atoms with Crippen LogP contribution in [0.15, 0.2) is 47.4 Å². The monoisotopic (exact) mass is 326 g/mol. The van der Waals surface area contributed by atoms with Gasteiger partial charge >= 0.3 is 0 Å². The number of methoxy groups -OCH3 is 1. The summed E-state index contributed by atoms with van der Waals surface area (Å²) in [7, 11) is -2.70. The molecule has 0 saturated heterocycles. The molecule has 0 unspecified atom stereocenters. The van der Waals surface area contributed by atoms with E-state index in [2.05, 4.69) is 4.72 Å². The zero-order valence-corrected chi connectivity index (χ0v) is 12.1. The van der Waals surface area contributed by atoms with Crippen molar-refractivity contribution in [3.05, 3.63) is 58.4 Å². The molecule has 0 aliphatic heterocycles. The summed E-state index contributed by atoms with van der Waals surface area (Å²) in [5.41, 5.74) is -0.195. The van der Waals surface area contributed by atoms with Crippen LogP contribution in [-0.4, -0.2) is 20.5 Å². The molecule has 2 aromatic carbocycles. The highest BCUT2D eigenvalue weighted by Gasteiger charge is 2.18. The van der Waals surface area contributed by atoms with Gasteiger partial charge in [0.2, 0.25) is 0 Å². The first kappa shape index (κ1) is 15.7. The maximum atomic E-state index is 12.8. The van der Waals surface area contributed by atoms with Crippen molar-refractivity contribution in [2.45, 2.75) is 4.90 Å². The van der Waals surface area contributed by atoms with E-state index in [9.17, 15) is 22.9 Å². The second kappa shape index (κ2) is 5.98. The molecule has 2 rings (SSSR count). The van der Waals surface area contributed by atoms with Crippen LogP contribution in [0.1, 0.15) is 0 Å². The maximum Gasteiger partial charge on any atom is 0.273 e. The zero-order valence-electron chi connectivity index (χ0n) is 11.3. The third kappa shape index (κ3) is 3.31. The number of sulfonamides is 1. The van der Waals surface area contributed by atoms with E-state index in [1.54, 1.807) is 0 Å². The summed E-state index contributed by atoms with van der Waals surface area (Å²) in [5, 5.41) is 10.7. The van der Waals surface area contributed by atoms with E-state index < -0.39 is 20.8 Å². The van der Waals surface area contributed by atoms with Gasteiger partial charge in [0.25, 0.3) is 15.7 Å². The fourth-order valence-corrected chi connectivity index (χ4v) is 2.77. The van der Waals surface area contributed by atoms with Crippen LogP contribution in [0.2, 0.25) is 0 Å². The van der Waals surface area contributed by atoms with Gasteiger partial charge in [0.1, 0.15) is 11.6 Å². The molecule has 0 bridgehead atoms. The van der Waals surface area contributed by atoms with Gasteiger partial charge in [-0.2, -0.15) is 0 Å². The van der Waals surface area contributed by atoms with E-state index in [1.807, 2.05) is 0 Å². The van der Waals surface area contributed by atoms with Crippen LogP contribution in [0.4, 0.5) is 15.8 Å². The first-order valence-corrected chi connectivity index (χ1v) is 7.42. The Balaban J connectivity index is 2.37. The number of hydrogen-bond acceptors (Lipinski definition) is 5. The summed E-state index contributed by atoms with van der Waals surface area (Å²) >= 11 is 0. The number of nitro benzene ring substituents is 1. The quantitative estimate of drug-likeness (QED) is 0.672. The number of halogens is 1. The summed E-state index contributed by atoms with van der Waals surface area (Å²) in [6, 6.07) is 7.71. The molecular formula is C13H11FN2O5S. The van der Waals surface area contributed by atoms with Gasteiger partial charge in [0.05, 0.1) is 28.7 Å². The molecule has 0 saturated carbocycles. The summed E-state index contributed by atoms with van der Waals surface area (Å²) in [6.07, 6.45) is 0. The van der Waals surface area contributed by atoms with Gasteiger partial charge in [-0.05, 0) is 30.3 Å². The summed E-state index contributed by atoms with van der Waals surface area (Å²) in [5.74, 6) is -0.563. The Morgan fingerprint density at radius 1 is 1.18 bits per heavy atom. The predicted octanol–water partition coefficient (Wildman–Crippen LogP) is 2.54. The topological polar surface area (TPSA) is 98.5 Å². The summed E-state index contributed by atoms with van der Waals surface area (Å²) in [6.45, 7) is 0. The lowest BCUT2D eigenvalue weighted by Crippen LogP contribution is -2.13. The number of ether oxygens (including phenoxy) is 1. The number of nitrogens with one attached hydrogen (secondary N) is 1. The summed E-state index contributed by atoms with van der Waals surface area (Å²) < 4.78 is 44.4. The Hall–Kier alpha value is -2.68. The Morgan fingerprint density at radius 2 is 1.82 bits per heavy atom. The molecule has 22 heavy (non-hydrogen) atoms. The Morgan fingerprint density at radius 3 is 2.36 bits per heavy atom. The highest BCUT2D eigenvalue weighted by atomic mass is 32.2. The minimum absolute atomic E-state index is 0.000105. The van der Waals surface area contributed by atoms with Gasteiger partial charge in [-0.3, -0.25) is 14.8 Å². The minimum atomic E-state index is -3.96. The molecule has 0 fully saturated rings. The van der Waals surface area contributed by atoms with Crippen molar-refractivity contribution in [1.82, 2.24) is 0 Å². The number of benzene rings is 2. The van der Waals surface area contributed by atoms with Crippen molar-refractivity contribution in [1.29, 1.82) is 0 Å². The van der Waals surface area contributed by atoms with Gasteiger partial charge in [-0.15, -0.1) is 0 Å². The lowest BCUT2D eigenvalue weighted by atomic mass is 10.2. The summed E-state index contributed by atoms with van der Waals surface area (Å²) in [4.78, 5) is 9.93. The molecular weight excluding hydrogens is 315 g/mol. The molecule has 0 amide bonds. The Labute approximate surface area is 125 Å². The molecule has 116 valence electrons. The van der Waals surface area contributed by atoms with Crippen molar-refractivity contribution in [2.24, 2.45) is 0 Å². The number of anilines is 1. The highest BCUT2D eigenvalue weighted by molar-refractivity contribution is 7.92. The van der Waals surface area contributed by atoms with Crippen molar-refractivity contribution in [3.8, 4) is 5.75 Å². The average Bonchev–Trinajstić information content (AvgIpc) is 2.47. The van der Waals surface area contributed by atoms with E-state index in [0.717, 1.165) is 36.4 Å². The average molecular weight is 326 g/mol. The van der Waals surface area contributed by atoms with E-state index in [4.69, 9.17) is 4.74 Å². The molecule has 0 atom stereocenters. The number of nitro groups is 1. The lowest BCUT2D eigenvalue weighted by Gasteiger charge is -2.11.